The third-order valence-electron chi connectivity index (χ3n) is 2.58. The van der Waals surface area contributed by atoms with E-state index in [1.165, 1.54) is 12.8 Å². The van der Waals surface area contributed by atoms with Crippen LogP contribution in [-0.4, -0.2) is 37.0 Å². The van der Waals surface area contributed by atoms with E-state index in [1.807, 2.05) is 4.90 Å². The lowest BCUT2D eigenvalue weighted by Crippen LogP contribution is -2.39. The zero-order valence-corrected chi connectivity index (χ0v) is 6.68. The Labute approximate surface area is 66.8 Å². The van der Waals surface area contributed by atoms with E-state index in [0.717, 1.165) is 25.6 Å². The van der Waals surface area contributed by atoms with Crippen molar-refractivity contribution in [2.75, 3.05) is 26.2 Å². The van der Waals surface area contributed by atoms with Gasteiger partial charge in [-0.3, -0.25) is 4.79 Å². The number of piperidine rings is 1. The molecule has 3 heteroatoms. The number of carbonyl (C=O) groups is 1. The summed E-state index contributed by atoms with van der Waals surface area (Å²) in [6.45, 7) is 3.56. The average Bonchev–Trinajstić information content (AvgIpc) is 2.14. The fourth-order valence-electron chi connectivity index (χ4n) is 1.95. The Balaban J connectivity index is 2.07. The highest BCUT2D eigenvalue weighted by Crippen LogP contribution is 2.17. The molecule has 2 heterocycles. The zero-order chi connectivity index (χ0) is 7.68. The van der Waals surface area contributed by atoms with Crippen LogP contribution < -0.4 is 5.32 Å². The predicted octanol–water partition coefficient (Wildman–Crippen LogP) is -0.172. The van der Waals surface area contributed by atoms with Crippen LogP contribution in [0.1, 0.15) is 12.8 Å². The molecule has 0 aliphatic carbocycles. The van der Waals surface area contributed by atoms with Gasteiger partial charge in [-0.2, -0.15) is 0 Å². The number of hydrogen-bond donors (Lipinski definition) is 1. The summed E-state index contributed by atoms with van der Waals surface area (Å²) < 4.78 is 0. The van der Waals surface area contributed by atoms with Gasteiger partial charge in [0.05, 0.1) is 6.54 Å². The molecular weight excluding hydrogens is 140 g/mol. The van der Waals surface area contributed by atoms with Gasteiger partial charge >= 0.3 is 0 Å². The summed E-state index contributed by atoms with van der Waals surface area (Å²) >= 11 is 0. The van der Waals surface area contributed by atoms with Crippen molar-refractivity contribution in [1.29, 1.82) is 0 Å². The van der Waals surface area contributed by atoms with Gasteiger partial charge < -0.3 is 10.2 Å². The monoisotopic (exact) mass is 154 g/mol. The molecule has 2 aliphatic heterocycles. The summed E-state index contributed by atoms with van der Waals surface area (Å²) in [5.74, 6) is 1.00. The Morgan fingerprint density at radius 3 is 3.36 bits per heavy atom. The van der Waals surface area contributed by atoms with Gasteiger partial charge in [-0.05, 0) is 18.8 Å². The van der Waals surface area contributed by atoms with Crippen molar-refractivity contribution < 1.29 is 4.79 Å². The van der Waals surface area contributed by atoms with E-state index in [9.17, 15) is 4.79 Å². The lowest BCUT2D eigenvalue weighted by Gasteiger charge is -2.29. The van der Waals surface area contributed by atoms with Crippen molar-refractivity contribution >= 4 is 5.91 Å². The maximum atomic E-state index is 11.3. The molecule has 62 valence electrons. The van der Waals surface area contributed by atoms with Crippen molar-refractivity contribution in [3.63, 3.8) is 0 Å². The molecule has 2 aliphatic rings. The van der Waals surface area contributed by atoms with Crippen LogP contribution >= 0.6 is 0 Å². The Bertz CT molecular complexity index is 169. The molecule has 0 radical (unpaired) electrons. The number of rotatable bonds is 0. The number of amides is 1. The smallest absolute Gasteiger partial charge is 0.236 e. The Hall–Kier alpha value is -0.570. The van der Waals surface area contributed by atoms with E-state index in [2.05, 4.69) is 5.32 Å². The Kier molecular flexibility index (Phi) is 1.82. The van der Waals surface area contributed by atoms with Gasteiger partial charge in [-0.25, -0.2) is 0 Å². The molecule has 0 saturated carbocycles. The molecule has 11 heavy (non-hydrogen) atoms. The van der Waals surface area contributed by atoms with Crippen LogP contribution in [-0.2, 0) is 4.79 Å². The SMILES string of the molecule is O=C1CNCC2CCCN1C2. The minimum absolute atomic E-state index is 0.284. The Morgan fingerprint density at radius 2 is 2.45 bits per heavy atom. The Morgan fingerprint density at radius 1 is 1.55 bits per heavy atom. The summed E-state index contributed by atoms with van der Waals surface area (Å²) in [6, 6.07) is 0. The fraction of sp³-hybridized carbons (Fsp3) is 0.875. The van der Waals surface area contributed by atoms with Gasteiger partial charge in [0, 0.05) is 19.6 Å². The number of carbonyl (C=O) groups excluding carboxylic acids is 1. The van der Waals surface area contributed by atoms with Gasteiger partial charge in [0.25, 0.3) is 0 Å². The van der Waals surface area contributed by atoms with Gasteiger partial charge in [-0.1, -0.05) is 0 Å². The first kappa shape index (κ1) is 7.10. The van der Waals surface area contributed by atoms with Gasteiger partial charge in [0.2, 0.25) is 5.91 Å². The van der Waals surface area contributed by atoms with Gasteiger partial charge in [0.15, 0.2) is 0 Å². The van der Waals surface area contributed by atoms with E-state index in [4.69, 9.17) is 0 Å². The van der Waals surface area contributed by atoms with Crippen molar-refractivity contribution in [2.45, 2.75) is 12.8 Å². The summed E-state index contributed by atoms with van der Waals surface area (Å²) in [5.41, 5.74) is 0. The minimum Gasteiger partial charge on any atom is -0.341 e. The quantitative estimate of drug-likeness (QED) is 0.525. The maximum absolute atomic E-state index is 11.3. The largest absolute Gasteiger partial charge is 0.341 e. The predicted molar refractivity (Wildman–Crippen MR) is 42.2 cm³/mol. The second kappa shape index (κ2) is 2.81. The molecule has 0 aromatic heterocycles. The number of hydrogen-bond acceptors (Lipinski definition) is 2. The third kappa shape index (κ3) is 1.38. The van der Waals surface area contributed by atoms with Crippen LogP contribution in [0.25, 0.3) is 0 Å². The molecule has 1 atom stereocenters. The highest BCUT2D eigenvalue weighted by atomic mass is 16.2. The third-order valence-corrected chi connectivity index (χ3v) is 2.58. The molecule has 2 saturated heterocycles. The first-order valence-corrected chi connectivity index (χ1v) is 4.35. The number of nitrogens with one attached hydrogen (secondary N) is 1. The molecule has 0 aromatic carbocycles. The van der Waals surface area contributed by atoms with E-state index in [0.29, 0.717) is 6.54 Å². The van der Waals surface area contributed by atoms with E-state index >= 15 is 0 Å². The van der Waals surface area contributed by atoms with Gasteiger partial charge in [0.1, 0.15) is 0 Å². The van der Waals surface area contributed by atoms with Crippen LogP contribution in [0.3, 0.4) is 0 Å². The van der Waals surface area contributed by atoms with Crippen LogP contribution in [0, 0.1) is 5.92 Å². The second-order valence-corrected chi connectivity index (χ2v) is 3.48. The fourth-order valence-corrected chi connectivity index (χ4v) is 1.95. The number of fused-ring (bicyclic) bond motifs is 2. The topological polar surface area (TPSA) is 32.3 Å². The van der Waals surface area contributed by atoms with Crippen LogP contribution in [0.4, 0.5) is 0 Å². The van der Waals surface area contributed by atoms with E-state index in [1.54, 1.807) is 0 Å². The lowest BCUT2D eigenvalue weighted by molar-refractivity contribution is -0.130. The molecule has 1 N–H and O–H groups in total. The van der Waals surface area contributed by atoms with Crippen molar-refractivity contribution in [2.24, 2.45) is 5.92 Å². The highest BCUT2D eigenvalue weighted by Gasteiger charge is 2.25. The standard InChI is InChI=1S/C8H14N2O/c11-8-5-9-4-7-2-1-3-10(8)6-7/h7,9H,1-6H2. The summed E-state index contributed by atoms with van der Waals surface area (Å²) in [6.07, 6.45) is 2.48. The molecule has 2 rings (SSSR count). The number of nitrogens with zero attached hydrogens (tertiary/aromatic N) is 1. The van der Waals surface area contributed by atoms with Crippen molar-refractivity contribution in [1.82, 2.24) is 10.2 Å². The lowest BCUT2D eigenvalue weighted by atomic mass is 9.99. The van der Waals surface area contributed by atoms with Gasteiger partial charge in [-0.15, -0.1) is 0 Å². The molecular formula is C8H14N2O. The van der Waals surface area contributed by atoms with Crippen LogP contribution in [0.15, 0.2) is 0 Å². The summed E-state index contributed by atoms with van der Waals surface area (Å²) in [5, 5.41) is 3.18. The molecule has 2 fully saturated rings. The molecule has 2 bridgehead atoms. The van der Waals surface area contributed by atoms with E-state index in [-0.39, 0.29) is 5.91 Å². The summed E-state index contributed by atoms with van der Waals surface area (Å²) in [7, 11) is 0. The van der Waals surface area contributed by atoms with Crippen molar-refractivity contribution in [3.05, 3.63) is 0 Å². The highest BCUT2D eigenvalue weighted by molar-refractivity contribution is 5.78. The van der Waals surface area contributed by atoms with Crippen molar-refractivity contribution in [3.8, 4) is 0 Å². The zero-order valence-electron chi connectivity index (χ0n) is 6.68. The first-order chi connectivity index (χ1) is 5.36. The molecule has 3 nitrogen and oxygen atoms in total. The summed E-state index contributed by atoms with van der Waals surface area (Å²) in [4.78, 5) is 13.3. The first-order valence-electron chi connectivity index (χ1n) is 4.35. The molecule has 0 spiro atoms. The van der Waals surface area contributed by atoms with E-state index < -0.39 is 0 Å². The van der Waals surface area contributed by atoms with Crippen LogP contribution in [0.5, 0.6) is 0 Å². The maximum Gasteiger partial charge on any atom is 0.236 e. The molecule has 1 amide bonds. The van der Waals surface area contributed by atoms with Crippen LogP contribution in [0.2, 0.25) is 0 Å². The normalized spacial score (nSPS) is 31.8. The average molecular weight is 154 g/mol. The molecule has 1 unspecified atom stereocenters. The minimum atomic E-state index is 0.284. The molecule has 0 aromatic rings. The second-order valence-electron chi connectivity index (χ2n) is 3.48.